The highest BCUT2D eigenvalue weighted by atomic mass is 16.4. The number of aromatic hydroxyl groups is 1. The molecule has 13 heavy (non-hydrogen) atoms. The van der Waals surface area contributed by atoms with Gasteiger partial charge in [0, 0.05) is 6.54 Å². The Morgan fingerprint density at radius 1 is 1.54 bits per heavy atom. The van der Waals surface area contributed by atoms with Crippen LogP contribution in [0.15, 0.2) is 18.2 Å². The summed E-state index contributed by atoms with van der Waals surface area (Å²) >= 11 is 0. The fourth-order valence-electron chi connectivity index (χ4n) is 1.11. The Morgan fingerprint density at radius 3 is 2.77 bits per heavy atom. The van der Waals surface area contributed by atoms with E-state index in [0.717, 1.165) is 0 Å². The molecular weight excluding hydrogens is 170 g/mol. The van der Waals surface area contributed by atoms with E-state index >= 15 is 0 Å². The second-order valence-corrected chi connectivity index (χ2v) is 2.68. The van der Waals surface area contributed by atoms with Crippen molar-refractivity contribution in [3.8, 4) is 5.75 Å². The summed E-state index contributed by atoms with van der Waals surface area (Å²) in [5.41, 5.74) is 0.794. The normalized spacial score (nSPS) is 9.92. The van der Waals surface area contributed by atoms with Crippen molar-refractivity contribution < 1.29 is 15.0 Å². The smallest absolute Gasteiger partial charge is 0.336 e. The highest BCUT2D eigenvalue weighted by molar-refractivity contribution is 5.89. The van der Waals surface area contributed by atoms with Crippen LogP contribution in [0, 0.1) is 0 Å². The number of carboxylic acids is 1. The van der Waals surface area contributed by atoms with Crippen molar-refractivity contribution >= 4 is 5.97 Å². The van der Waals surface area contributed by atoms with Gasteiger partial charge in [-0.1, -0.05) is 6.07 Å². The summed E-state index contributed by atoms with van der Waals surface area (Å²) in [5.74, 6) is -1.06. The van der Waals surface area contributed by atoms with Gasteiger partial charge in [-0.2, -0.15) is 0 Å². The van der Waals surface area contributed by atoms with Gasteiger partial charge in [-0.3, -0.25) is 0 Å². The molecule has 4 nitrogen and oxygen atoms in total. The molecule has 3 N–H and O–H groups in total. The maximum absolute atomic E-state index is 10.7. The third kappa shape index (κ3) is 2.19. The summed E-state index contributed by atoms with van der Waals surface area (Å²) in [7, 11) is 1.73. The van der Waals surface area contributed by atoms with Gasteiger partial charge in [0.2, 0.25) is 0 Å². The average Bonchev–Trinajstić information content (AvgIpc) is 2.08. The number of rotatable bonds is 3. The maximum Gasteiger partial charge on any atom is 0.336 e. The van der Waals surface area contributed by atoms with Crippen molar-refractivity contribution in [3.63, 3.8) is 0 Å². The van der Waals surface area contributed by atoms with E-state index in [-0.39, 0.29) is 11.3 Å². The third-order valence-electron chi connectivity index (χ3n) is 1.69. The molecule has 0 fully saturated rings. The van der Waals surface area contributed by atoms with Gasteiger partial charge in [0.1, 0.15) is 5.75 Å². The average molecular weight is 181 g/mol. The minimum Gasteiger partial charge on any atom is -0.508 e. The Bertz CT molecular complexity index is 323. The Hall–Kier alpha value is -1.55. The molecule has 0 unspecified atom stereocenters. The molecule has 0 saturated heterocycles. The molecule has 0 aliphatic rings. The van der Waals surface area contributed by atoms with E-state index in [2.05, 4.69) is 5.32 Å². The quantitative estimate of drug-likeness (QED) is 0.645. The first-order valence-electron chi connectivity index (χ1n) is 3.85. The zero-order valence-corrected chi connectivity index (χ0v) is 7.24. The van der Waals surface area contributed by atoms with Crippen LogP contribution >= 0.6 is 0 Å². The summed E-state index contributed by atoms with van der Waals surface area (Å²) in [6, 6.07) is 4.31. The minimum atomic E-state index is -1.03. The fraction of sp³-hybridized carbons (Fsp3) is 0.222. The molecule has 4 heteroatoms. The fourth-order valence-corrected chi connectivity index (χ4v) is 1.11. The SMILES string of the molecule is CNCc1ccc(O)cc1C(=O)O. The Balaban J connectivity index is 3.10. The molecule has 0 bridgehead atoms. The zero-order valence-electron chi connectivity index (χ0n) is 7.24. The van der Waals surface area contributed by atoms with E-state index in [9.17, 15) is 4.79 Å². The number of hydrogen-bond acceptors (Lipinski definition) is 3. The summed E-state index contributed by atoms with van der Waals surface area (Å²) < 4.78 is 0. The lowest BCUT2D eigenvalue weighted by Gasteiger charge is -2.05. The number of phenols is 1. The first-order chi connectivity index (χ1) is 6.15. The minimum absolute atomic E-state index is 0.0303. The molecule has 1 rings (SSSR count). The van der Waals surface area contributed by atoms with Crippen LogP contribution in [0.25, 0.3) is 0 Å². The van der Waals surface area contributed by atoms with Crippen LogP contribution in [-0.2, 0) is 6.54 Å². The van der Waals surface area contributed by atoms with Crippen LogP contribution in [0.5, 0.6) is 5.75 Å². The standard InChI is InChI=1S/C9H11NO3/c1-10-5-6-2-3-7(11)4-8(6)9(12)13/h2-4,10-11H,5H2,1H3,(H,12,13). The molecule has 0 atom stereocenters. The molecule has 1 aromatic carbocycles. The molecule has 1 aromatic rings. The van der Waals surface area contributed by atoms with Gasteiger partial charge in [0.15, 0.2) is 0 Å². The molecule has 70 valence electrons. The number of hydrogen-bond donors (Lipinski definition) is 3. The first kappa shape index (κ1) is 9.54. The Kier molecular flexibility index (Phi) is 2.87. The van der Waals surface area contributed by atoms with Gasteiger partial charge < -0.3 is 15.5 Å². The Labute approximate surface area is 75.8 Å². The predicted octanol–water partition coefficient (Wildman–Crippen LogP) is 0.810. The van der Waals surface area contributed by atoms with E-state index in [1.54, 1.807) is 13.1 Å². The molecule has 0 spiro atoms. The van der Waals surface area contributed by atoms with E-state index < -0.39 is 5.97 Å². The van der Waals surface area contributed by atoms with E-state index in [0.29, 0.717) is 12.1 Å². The molecule has 0 amide bonds. The lowest BCUT2D eigenvalue weighted by atomic mass is 10.1. The topological polar surface area (TPSA) is 69.6 Å². The van der Waals surface area contributed by atoms with Gasteiger partial charge >= 0.3 is 5.97 Å². The van der Waals surface area contributed by atoms with Crippen molar-refractivity contribution in [2.45, 2.75) is 6.54 Å². The van der Waals surface area contributed by atoms with Crippen molar-refractivity contribution in [3.05, 3.63) is 29.3 Å². The molecule has 0 aliphatic carbocycles. The van der Waals surface area contributed by atoms with Gasteiger partial charge in [-0.15, -0.1) is 0 Å². The highest BCUT2D eigenvalue weighted by Crippen LogP contribution is 2.16. The number of carboxylic acid groups (broad SMARTS) is 1. The lowest BCUT2D eigenvalue weighted by Crippen LogP contribution is -2.10. The van der Waals surface area contributed by atoms with Crippen molar-refractivity contribution in [2.24, 2.45) is 0 Å². The van der Waals surface area contributed by atoms with Crippen LogP contribution < -0.4 is 5.32 Å². The summed E-state index contributed by atoms with van der Waals surface area (Å²) in [5, 5.41) is 20.7. The van der Waals surface area contributed by atoms with E-state index in [1.807, 2.05) is 0 Å². The highest BCUT2D eigenvalue weighted by Gasteiger charge is 2.09. The first-order valence-corrected chi connectivity index (χ1v) is 3.85. The predicted molar refractivity (Wildman–Crippen MR) is 47.8 cm³/mol. The lowest BCUT2D eigenvalue weighted by molar-refractivity contribution is 0.0695. The molecule has 0 aliphatic heterocycles. The monoisotopic (exact) mass is 181 g/mol. The summed E-state index contributed by atoms with van der Waals surface area (Å²) in [6.07, 6.45) is 0. The largest absolute Gasteiger partial charge is 0.508 e. The summed E-state index contributed by atoms with van der Waals surface area (Å²) in [4.78, 5) is 10.7. The third-order valence-corrected chi connectivity index (χ3v) is 1.69. The van der Waals surface area contributed by atoms with Gasteiger partial charge in [0.05, 0.1) is 5.56 Å². The van der Waals surface area contributed by atoms with Gasteiger partial charge in [-0.25, -0.2) is 4.79 Å². The van der Waals surface area contributed by atoms with E-state index in [1.165, 1.54) is 12.1 Å². The second-order valence-electron chi connectivity index (χ2n) is 2.68. The summed E-state index contributed by atoms with van der Waals surface area (Å²) in [6.45, 7) is 0.474. The van der Waals surface area contributed by atoms with Crippen LogP contribution in [0.4, 0.5) is 0 Å². The zero-order chi connectivity index (χ0) is 9.84. The molecule has 0 heterocycles. The molecule has 0 saturated carbocycles. The molecule has 0 aromatic heterocycles. The van der Waals surface area contributed by atoms with Gasteiger partial charge in [-0.05, 0) is 24.7 Å². The number of aromatic carboxylic acids is 1. The van der Waals surface area contributed by atoms with Crippen LogP contribution in [-0.4, -0.2) is 23.2 Å². The maximum atomic E-state index is 10.7. The number of carbonyl (C=O) groups is 1. The van der Waals surface area contributed by atoms with E-state index in [4.69, 9.17) is 10.2 Å². The number of benzene rings is 1. The molecular formula is C9H11NO3. The Morgan fingerprint density at radius 2 is 2.23 bits per heavy atom. The van der Waals surface area contributed by atoms with Crippen LogP contribution in [0.2, 0.25) is 0 Å². The van der Waals surface area contributed by atoms with Crippen molar-refractivity contribution in [1.29, 1.82) is 0 Å². The number of nitrogens with one attached hydrogen (secondary N) is 1. The van der Waals surface area contributed by atoms with Crippen molar-refractivity contribution in [2.75, 3.05) is 7.05 Å². The van der Waals surface area contributed by atoms with Crippen LogP contribution in [0.3, 0.4) is 0 Å². The van der Waals surface area contributed by atoms with Crippen molar-refractivity contribution in [1.82, 2.24) is 5.32 Å². The van der Waals surface area contributed by atoms with Crippen LogP contribution in [0.1, 0.15) is 15.9 Å². The molecule has 0 radical (unpaired) electrons. The number of phenolic OH excluding ortho intramolecular Hbond substituents is 1. The van der Waals surface area contributed by atoms with Gasteiger partial charge in [0.25, 0.3) is 0 Å². The second kappa shape index (κ2) is 3.91.